The van der Waals surface area contributed by atoms with E-state index in [9.17, 15) is 14.4 Å². The van der Waals surface area contributed by atoms with Crippen molar-refractivity contribution >= 4 is 17.8 Å². The average Bonchev–Trinajstić information content (AvgIpc) is 3.19. The van der Waals surface area contributed by atoms with E-state index in [0.717, 1.165) is 19.3 Å². The van der Waals surface area contributed by atoms with E-state index in [-0.39, 0.29) is 24.4 Å². The molecule has 1 aliphatic carbocycles. The molecule has 0 radical (unpaired) electrons. The minimum atomic E-state index is -1.04. The van der Waals surface area contributed by atoms with Crippen LogP contribution in [0.1, 0.15) is 47.2 Å². The molecule has 142 valence electrons. The molecule has 1 unspecified atom stereocenters. The Labute approximate surface area is 163 Å². The second-order valence-electron chi connectivity index (χ2n) is 7.76. The van der Waals surface area contributed by atoms with Gasteiger partial charge in [0.15, 0.2) is 0 Å². The van der Waals surface area contributed by atoms with Crippen LogP contribution in [0.25, 0.3) is 0 Å². The van der Waals surface area contributed by atoms with E-state index in [4.69, 9.17) is 11.7 Å². The van der Waals surface area contributed by atoms with Gasteiger partial charge >= 0.3 is 6.03 Å². The number of amides is 4. The SMILES string of the molecule is C#Cc1cc(C#N)cc(C(=O)N2CCC3(C2)NC(=O)N(CC2CCC2)C3=O)c1. The minimum Gasteiger partial charge on any atom is -0.336 e. The predicted molar refractivity (Wildman–Crippen MR) is 99.9 cm³/mol. The summed E-state index contributed by atoms with van der Waals surface area (Å²) in [6.45, 7) is 0.931. The van der Waals surface area contributed by atoms with E-state index < -0.39 is 5.54 Å². The summed E-state index contributed by atoms with van der Waals surface area (Å²) in [5.41, 5.74) is 0.0307. The quantitative estimate of drug-likeness (QED) is 0.639. The molecule has 1 spiro atoms. The lowest BCUT2D eigenvalue weighted by atomic mass is 9.85. The van der Waals surface area contributed by atoms with Gasteiger partial charge in [0.05, 0.1) is 18.2 Å². The molecule has 3 aliphatic rings. The number of carbonyl (C=O) groups excluding carboxylic acids is 3. The molecule has 28 heavy (non-hydrogen) atoms. The molecule has 4 amide bonds. The van der Waals surface area contributed by atoms with Gasteiger partial charge in [-0.2, -0.15) is 5.26 Å². The van der Waals surface area contributed by atoms with Gasteiger partial charge in [0.25, 0.3) is 11.8 Å². The van der Waals surface area contributed by atoms with Crippen LogP contribution in [0.5, 0.6) is 0 Å². The Morgan fingerprint density at radius 2 is 2.04 bits per heavy atom. The number of urea groups is 1. The van der Waals surface area contributed by atoms with Gasteiger partial charge in [-0.15, -0.1) is 6.42 Å². The van der Waals surface area contributed by atoms with Gasteiger partial charge in [0, 0.05) is 24.2 Å². The zero-order valence-electron chi connectivity index (χ0n) is 15.4. The lowest BCUT2D eigenvalue weighted by Gasteiger charge is -2.29. The molecular weight excluding hydrogens is 356 g/mol. The summed E-state index contributed by atoms with van der Waals surface area (Å²) in [5, 5.41) is 12.0. The van der Waals surface area contributed by atoms with Crippen molar-refractivity contribution in [3.05, 3.63) is 34.9 Å². The van der Waals surface area contributed by atoms with Crippen molar-refractivity contribution in [2.45, 2.75) is 31.2 Å². The highest BCUT2D eigenvalue weighted by Gasteiger charge is 2.55. The van der Waals surface area contributed by atoms with Gasteiger partial charge in [-0.3, -0.25) is 14.5 Å². The van der Waals surface area contributed by atoms with Crippen LogP contribution in [-0.4, -0.2) is 52.8 Å². The maximum atomic E-state index is 13.0. The third-order valence-electron chi connectivity index (χ3n) is 5.94. The van der Waals surface area contributed by atoms with Crippen molar-refractivity contribution in [3.63, 3.8) is 0 Å². The summed E-state index contributed by atoms with van der Waals surface area (Å²) in [5.74, 6) is 2.29. The summed E-state index contributed by atoms with van der Waals surface area (Å²) in [4.78, 5) is 41.1. The van der Waals surface area contributed by atoms with Gasteiger partial charge in [-0.1, -0.05) is 12.3 Å². The molecule has 2 heterocycles. The molecule has 1 saturated carbocycles. The third-order valence-corrected chi connectivity index (χ3v) is 5.94. The number of benzene rings is 1. The van der Waals surface area contributed by atoms with E-state index in [1.54, 1.807) is 17.0 Å². The number of hydrogen-bond acceptors (Lipinski definition) is 4. The second kappa shape index (κ2) is 6.69. The molecule has 0 aromatic heterocycles. The van der Waals surface area contributed by atoms with Crippen LogP contribution in [0, 0.1) is 29.6 Å². The molecule has 2 aliphatic heterocycles. The normalized spacial score (nSPS) is 24.1. The monoisotopic (exact) mass is 376 g/mol. The van der Waals surface area contributed by atoms with E-state index in [2.05, 4.69) is 11.2 Å². The minimum absolute atomic E-state index is 0.125. The molecule has 1 atom stereocenters. The van der Waals surface area contributed by atoms with Gasteiger partial charge in [0.1, 0.15) is 5.54 Å². The zero-order valence-corrected chi connectivity index (χ0v) is 15.4. The number of nitriles is 1. The van der Waals surface area contributed by atoms with Crippen LogP contribution in [0.15, 0.2) is 18.2 Å². The Hall–Kier alpha value is -3.32. The summed E-state index contributed by atoms with van der Waals surface area (Å²) < 4.78 is 0. The van der Waals surface area contributed by atoms with Crippen LogP contribution in [0.3, 0.4) is 0 Å². The van der Waals surface area contributed by atoms with E-state index >= 15 is 0 Å². The number of nitrogens with one attached hydrogen (secondary N) is 1. The smallest absolute Gasteiger partial charge is 0.325 e. The number of imide groups is 1. The lowest BCUT2D eigenvalue weighted by Crippen LogP contribution is -2.50. The second-order valence-corrected chi connectivity index (χ2v) is 7.76. The highest BCUT2D eigenvalue weighted by Crippen LogP contribution is 2.33. The zero-order chi connectivity index (χ0) is 19.9. The fraction of sp³-hybridized carbons (Fsp3) is 0.429. The number of terminal acetylenes is 1. The van der Waals surface area contributed by atoms with Crippen molar-refractivity contribution in [2.75, 3.05) is 19.6 Å². The fourth-order valence-corrected chi connectivity index (χ4v) is 4.12. The standard InChI is InChI=1S/C21H20N4O3/c1-2-14-8-16(11-22)10-17(9-14)18(26)24-7-6-21(13-24)19(27)25(20(28)23-21)12-15-4-3-5-15/h1,8-10,15H,3-7,12-13H2,(H,23,28). The molecule has 2 saturated heterocycles. The van der Waals surface area contributed by atoms with E-state index in [0.29, 0.717) is 42.1 Å². The highest BCUT2D eigenvalue weighted by molar-refractivity contribution is 6.08. The first-order chi connectivity index (χ1) is 13.5. The van der Waals surface area contributed by atoms with Gasteiger partial charge in [-0.05, 0) is 43.4 Å². The number of nitrogens with zero attached hydrogens (tertiary/aromatic N) is 3. The Morgan fingerprint density at radius 1 is 1.29 bits per heavy atom. The van der Waals surface area contributed by atoms with Crippen LogP contribution in [0.4, 0.5) is 4.79 Å². The first-order valence-corrected chi connectivity index (χ1v) is 9.41. The molecule has 7 heteroatoms. The number of hydrogen-bond donors (Lipinski definition) is 1. The number of rotatable bonds is 3. The molecule has 1 aromatic carbocycles. The maximum Gasteiger partial charge on any atom is 0.325 e. The molecule has 4 rings (SSSR count). The first kappa shape index (κ1) is 18.1. The summed E-state index contributed by atoms with van der Waals surface area (Å²) in [7, 11) is 0. The van der Waals surface area contributed by atoms with Crippen molar-refractivity contribution < 1.29 is 14.4 Å². The Bertz CT molecular complexity index is 921. The van der Waals surface area contributed by atoms with Gasteiger partial charge < -0.3 is 10.2 Å². The van der Waals surface area contributed by atoms with Crippen molar-refractivity contribution in [2.24, 2.45) is 5.92 Å². The fourth-order valence-electron chi connectivity index (χ4n) is 4.12. The van der Waals surface area contributed by atoms with Crippen LogP contribution >= 0.6 is 0 Å². The Balaban J connectivity index is 1.52. The van der Waals surface area contributed by atoms with E-state index in [1.807, 2.05) is 6.07 Å². The number of likely N-dealkylation sites (tertiary alicyclic amines) is 1. The van der Waals surface area contributed by atoms with Crippen molar-refractivity contribution in [1.82, 2.24) is 15.1 Å². The third kappa shape index (κ3) is 2.90. The largest absolute Gasteiger partial charge is 0.336 e. The summed E-state index contributed by atoms with van der Waals surface area (Å²) in [6.07, 6.45) is 9.02. The molecule has 1 N–H and O–H groups in total. The summed E-state index contributed by atoms with van der Waals surface area (Å²) >= 11 is 0. The molecule has 3 fully saturated rings. The van der Waals surface area contributed by atoms with Gasteiger partial charge in [-0.25, -0.2) is 4.79 Å². The summed E-state index contributed by atoms with van der Waals surface area (Å²) in [6, 6.07) is 6.23. The van der Waals surface area contributed by atoms with Crippen LogP contribution in [-0.2, 0) is 4.79 Å². The Morgan fingerprint density at radius 3 is 2.68 bits per heavy atom. The highest BCUT2D eigenvalue weighted by atomic mass is 16.2. The lowest BCUT2D eigenvalue weighted by molar-refractivity contribution is -0.131. The van der Waals surface area contributed by atoms with Gasteiger partial charge in [0.2, 0.25) is 0 Å². The molecule has 1 aromatic rings. The molecular formula is C21H20N4O3. The molecule has 0 bridgehead atoms. The average molecular weight is 376 g/mol. The predicted octanol–water partition coefficient (Wildman–Crippen LogP) is 1.48. The van der Waals surface area contributed by atoms with Crippen LogP contribution < -0.4 is 5.32 Å². The maximum absolute atomic E-state index is 13.0. The molecule has 7 nitrogen and oxygen atoms in total. The first-order valence-electron chi connectivity index (χ1n) is 9.41. The Kier molecular flexibility index (Phi) is 4.31. The van der Waals surface area contributed by atoms with E-state index in [1.165, 1.54) is 11.0 Å². The van der Waals surface area contributed by atoms with Crippen molar-refractivity contribution in [1.29, 1.82) is 5.26 Å². The number of carbonyl (C=O) groups is 3. The van der Waals surface area contributed by atoms with Crippen LogP contribution in [0.2, 0.25) is 0 Å². The van der Waals surface area contributed by atoms with Crippen molar-refractivity contribution in [3.8, 4) is 18.4 Å². The topological polar surface area (TPSA) is 93.5 Å².